The van der Waals surface area contributed by atoms with Crippen LogP contribution < -0.4 is 10.6 Å². The Balaban J connectivity index is 1.72. The number of aryl methyl sites for hydroxylation is 2. The molecule has 2 amide bonds. The van der Waals surface area contributed by atoms with Gasteiger partial charge in [-0.1, -0.05) is 12.1 Å². The van der Waals surface area contributed by atoms with E-state index in [1.807, 2.05) is 26.2 Å². The topological polar surface area (TPSA) is 85.0 Å². The van der Waals surface area contributed by atoms with Crippen LogP contribution in [0.4, 0.5) is 4.79 Å². The molecule has 2 N–H and O–H groups in total. The van der Waals surface area contributed by atoms with Crippen LogP contribution in [0.2, 0.25) is 0 Å². The molecule has 0 unspecified atom stereocenters. The number of nitrogens with zero attached hydrogens (tertiary/aromatic N) is 3. The van der Waals surface area contributed by atoms with E-state index < -0.39 is 0 Å². The van der Waals surface area contributed by atoms with Gasteiger partial charge in [-0.15, -0.1) is 0 Å². The van der Waals surface area contributed by atoms with Crippen LogP contribution in [0.1, 0.15) is 23.9 Å². The number of hydrogen-bond donors (Lipinski definition) is 2. The van der Waals surface area contributed by atoms with Crippen LogP contribution >= 0.6 is 0 Å². The van der Waals surface area contributed by atoms with Gasteiger partial charge in [-0.25, -0.2) is 4.79 Å². The summed E-state index contributed by atoms with van der Waals surface area (Å²) in [6, 6.07) is 1.58. The summed E-state index contributed by atoms with van der Waals surface area (Å²) < 4.78 is 6.76. The quantitative estimate of drug-likeness (QED) is 0.841. The summed E-state index contributed by atoms with van der Waals surface area (Å²) in [5, 5.41) is 13.3. The van der Waals surface area contributed by atoms with E-state index in [1.54, 1.807) is 10.9 Å². The highest BCUT2D eigenvalue weighted by Gasteiger charge is 2.05. The summed E-state index contributed by atoms with van der Waals surface area (Å²) in [7, 11) is 1.83. The molecule has 7 heteroatoms. The van der Waals surface area contributed by atoms with Crippen molar-refractivity contribution in [3.05, 3.63) is 35.5 Å². The third-order valence-corrected chi connectivity index (χ3v) is 2.60. The molecule has 0 bridgehead atoms. The lowest BCUT2D eigenvalue weighted by Crippen LogP contribution is -2.34. The van der Waals surface area contributed by atoms with Crippen molar-refractivity contribution in [2.75, 3.05) is 0 Å². The van der Waals surface area contributed by atoms with E-state index in [1.165, 1.54) is 0 Å². The van der Waals surface area contributed by atoms with Crippen LogP contribution in [0.15, 0.2) is 23.0 Å². The first-order valence-corrected chi connectivity index (χ1v) is 6.11. The van der Waals surface area contributed by atoms with E-state index in [9.17, 15) is 4.79 Å². The van der Waals surface area contributed by atoms with Gasteiger partial charge in [0.15, 0.2) is 5.76 Å². The zero-order valence-electron chi connectivity index (χ0n) is 11.0. The molecule has 0 radical (unpaired) electrons. The number of carbonyl (C=O) groups excluding carboxylic acids is 1. The molecule has 2 aromatic rings. The van der Waals surface area contributed by atoms with Crippen molar-refractivity contribution in [3.63, 3.8) is 0 Å². The van der Waals surface area contributed by atoms with E-state index in [0.717, 1.165) is 17.7 Å². The molecule has 7 nitrogen and oxygen atoms in total. The molecule has 0 aromatic carbocycles. The number of amides is 2. The molecule has 2 rings (SSSR count). The number of carbonyl (C=O) groups is 1. The molecule has 0 aliphatic heterocycles. The minimum absolute atomic E-state index is 0.252. The first-order chi connectivity index (χ1) is 9.17. The van der Waals surface area contributed by atoms with E-state index in [2.05, 4.69) is 20.9 Å². The lowest BCUT2D eigenvalue weighted by molar-refractivity contribution is 0.238. The van der Waals surface area contributed by atoms with Gasteiger partial charge in [0.25, 0.3) is 0 Å². The minimum atomic E-state index is -0.252. The number of urea groups is 1. The summed E-state index contributed by atoms with van der Waals surface area (Å²) in [6.07, 6.45) is 4.38. The first kappa shape index (κ1) is 13.1. The molecule has 2 aromatic heterocycles. The van der Waals surface area contributed by atoms with Crippen LogP contribution in [0.25, 0.3) is 0 Å². The second kappa shape index (κ2) is 6.03. The Morgan fingerprint density at radius 1 is 1.42 bits per heavy atom. The Kier molecular flexibility index (Phi) is 4.17. The highest BCUT2D eigenvalue weighted by molar-refractivity contribution is 5.73. The molecule has 19 heavy (non-hydrogen) atoms. The lowest BCUT2D eigenvalue weighted by Gasteiger charge is -2.04. The van der Waals surface area contributed by atoms with Crippen molar-refractivity contribution in [2.24, 2.45) is 7.05 Å². The average Bonchev–Trinajstić information content (AvgIpc) is 3.02. The highest BCUT2D eigenvalue weighted by Crippen LogP contribution is 2.03. The Morgan fingerprint density at radius 2 is 2.21 bits per heavy atom. The fourth-order valence-electron chi connectivity index (χ4n) is 1.58. The second-order valence-corrected chi connectivity index (χ2v) is 4.20. The standard InChI is InChI=1S/C12H17N5O2/c1-3-10-4-11(19-16-10)7-14-12(18)13-5-9-6-15-17(2)8-9/h4,6,8H,3,5,7H2,1-2H3,(H2,13,14,18). The SMILES string of the molecule is CCc1cc(CNC(=O)NCc2cnn(C)c2)on1. The maximum atomic E-state index is 11.6. The van der Waals surface area contributed by atoms with Gasteiger partial charge in [-0.05, 0) is 6.42 Å². The molecule has 102 valence electrons. The third-order valence-electron chi connectivity index (χ3n) is 2.60. The number of rotatable bonds is 5. The van der Waals surface area contributed by atoms with Gasteiger partial charge in [0.2, 0.25) is 0 Å². The molecular weight excluding hydrogens is 246 g/mol. The molecule has 0 atom stereocenters. The summed E-state index contributed by atoms with van der Waals surface area (Å²) in [6.45, 7) is 2.76. The first-order valence-electron chi connectivity index (χ1n) is 6.11. The number of hydrogen-bond acceptors (Lipinski definition) is 4. The predicted octanol–water partition coefficient (Wildman–Crippen LogP) is 0.970. The van der Waals surface area contributed by atoms with Crippen LogP contribution in [-0.2, 0) is 26.6 Å². The van der Waals surface area contributed by atoms with Crippen molar-refractivity contribution in [2.45, 2.75) is 26.4 Å². The molecule has 0 fully saturated rings. The third kappa shape index (κ3) is 3.84. The molecule has 0 aliphatic rings. The van der Waals surface area contributed by atoms with Gasteiger partial charge in [0, 0.05) is 31.4 Å². The van der Waals surface area contributed by atoms with Crippen molar-refractivity contribution in [1.82, 2.24) is 25.6 Å². The van der Waals surface area contributed by atoms with Gasteiger partial charge >= 0.3 is 6.03 Å². The van der Waals surface area contributed by atoms with Crippen LogP contribution in [0.3, 0.4) is 0 Å². The molecule has 0 aliphatic carbocycles. The molecule has 0 saturated heterocycles. The maximum absolute atomic E-state index is 11.6. The van der Waals surface area contributed by atoms with Crippen molar-refractivity contribution in [1.29, 1.82) is 0 Å². The summed E-state index contributed by atoms with van der Waals surface area (Å²) in [5.74, 6) is 0.647. The Bertz CT molecular complexity index is 546. The Morgan fingerprint density at radius 3 is 2.84 bits per heavy atom. The molecule has 2 heterocycles. The van der Waals surface area contributed by atoms with Crippen molar-refractivity contribution >= 4 is 6.03 Å². The lowest BCUT2D eigenvalue weighted by atomic mass is 10.3. The summed E-state index contributed by atoms with van der Waals surface area (Å²) in [5.41, 5.74) is 1.83. The van der Waals surface area contributed by atoms with E-state index in [4.69, 9.17) is 4.52 Å². The largest absolute Gasteiger partial charge is 0.359 e. The van der Waals surface area contributed by atoms with Gasteiger partial charge < -0.3 is 15.2 Å². The molecular formula is C12H17N5O2. The normalized spacial score (nSPS) is 10.4. The van der Waals surface area contributed by atoms with Crippen LogP contribution in [0, 0.1) is 0 Å². The summed E-state index contributed by atoms with van der Waals surface area (Å²) >= 11 is 0. The Labute approximate surface area is 111 Å². The smallest absolute Gasteiger partial charge is 0.315 e. The van der Waals surface area contributed by atoms with Gasteiger partial charge in [-0.2, -0.15) is 5.10 Å². The fraction of sp³-hybridized carbons (Fsp3) is 0.417. The van der Waals surface area contributed by atoms with Gasteiger partial charge in [0.05, 0.1) is 18.4 Å². The molecule has 0 spiro atoms. The van der Waals surface area contributed by atoms with E-state index in [-0.39, 0.29) is 6.03 Å². The van der Waals surface area contributed by atoms with Crippen LogP contribution in [0.5, 0.6) is 0 Å². The second-order valence-electron chi connectivity index (χ2n) is 4.20. The monoisotopic (exact) mass is 263 g/mol. The average molecular weight is 263 g/mol. The predicted molar refractivity (Wildman–Crippen MR) is 68.2 cm³/mol. The maximum Gasteiger partial charge on any atom is 0.315 e. The molecule has 0 saturated carbocycles. The van der Waals surface area contributed by atoms with Crippen LogP contribution in [-0.4, -0.2) is 21.0 Å². The van der Waals surface area contributed by atoms with Crippen molar-refractivity contribution < 1.29 is 9.32 Å². The zero-order valence-corrected chi connectivity index (χ0v) is 11.0. The van der Waals surface area contributed by atoms with Crippen molar-refractivity contribution in [3.8, 4) is 0 Å². The fourth-order valence-corrected chi connectivity index (χ4v) is 1.58. The zero-order chi connectivity index (χ0) is 13.7. The highest BCUT2D eigenvalue weighted by atomic mass is 16.5. The van der Waals surface area contributed by atoms with E-state index >= 15 is 0 Å². The number of aromatic nitrogens is 3. The summed E-state index contributed by atoms with van der Waals surface area (Å²) in [4.78, 5) is 11.6. The van der Waals surface area contributed by atoms with Gasteiger partial charge in [0.1, 0.15) is 0 Å². The van der Waals surface area contributed by atoms with Gasteiger partial charge in [-0.3, -0.25) is 4.68 Å². The number of nitrogens with one attached hydrogen (secondary N) is 2. The van der Waals surface area contributed by atoms with E-state index in [0.29, 0.717) is 18.8 Å². The minimum Gasteiger partial charge on any atom is -0.359 e. The Hall–Kier alpha value is -2.31.